The Hall–Kier alpha value is -2.79. The molecule has 3 heterocycles. The van der Waals surface area contributed by atoms with E-state index in [-0.39, 0.29) is 12.0 Å². The van der Waals surface area contributed by atoms with Crippen LogP contribution in [-0.4, -0.2) is 52.8 Å². The Bertz CT molecular complexity index is 915. The Morgan fingerprint density at radius 2 is 2.36 bits per heavy atom. The number of ether oxygens (including phenoxy) is 1. The molecule has 1 atom stereocenters. The van der Waals surface area contributed by atoms with Crippen LogP contribution in [-0.2, 0) is 9.53 Å². The van der Waals surface area contributed by atoms with E-state index in [0.717, 1.165) is 33.6 Å². The van der Waals surface area contributed by atoms with Gasteiger partial charge in [0.05, 0.1) is 17.9 Å². The van der Waals surface area contributed by atoms with E-state index in [1.54, 1.807) is 24.5 Å². The maximum absolute atomic E-state index is 11.4. The van der Waals surface area contributed by atoms with Gasteiger partial charge in [-0.1, -0.05) is 11.8 Å². The number of hydrogen-bond acceptors (Lipinski definition) is 6. The number of piperidine rings is 1. The first kappa shape index (κ1) is 20.0. The van der Waals surface area contributed by atoms with Crippen molar-refractivity contribution < 1.29 is 19.4 Å². The number of esters is 1. The molecule has 2 N–H and O–H groups in total. The van der Waals surface area contributed by atoms with Gasteiger partial charge in [-0.25, -0.2) is 9.78 Å². The monoisotopic (exact) mass is 401 g/mol. The van der Waals surface area contributed by atoms with E-state index in [9.17, 15) is 14.7 Å². The van der Waals surface area contributed by atoms with Gasteiger partial charge in [0, 0.05) is 41.8 Å². The van der Waals surface area contributed by atoms with Crippen molar-refractivity contribution in [1.82, 2.24) is 9.88 Å². The number of anilines is 1. The van der Waals surface area contributed by atoms with Crippen LogP contribution in [0.25, 0.3) is 10.1 Å². The molecule has 8 heteroatoms. The first-order chi connectivity index (χ1) is 13.6. The summed E-state index contributed by atoms with van der Waals surface area (Å²) < 4.78 is 5.96. The Labute approximate surface area is 167 Å². The quantitative estimate of drug-likeness (QED) is 0.588. The number of nitrogens with one attached hydrogen (secondary N) is 1. The van der Waals surface area contributed by atoms with Crippen molar-refractivity contribution in [2.75, 3.05) is 25.0 Å². The van der Waals surface area contributed by atoms with Gasteiger partial charge < -0.3 is 20.1 Å². The van der Waals surface area contributed by atoms with E-state index in [0.29, 0.717) is 32.5 Å². The second kappa shape index (κ2) is 9.42. The standard InChI is InChI=1S/C20H23N3O4S/c1-2-27-18(24)8-4-3-7-15-12-16-17(28-15)9-10-21-19(16)22-14-6-5-11-23(13-14)20(25)26/h9-10,12,14H,2,4-6,8,11,13H2,1H3,(H,21,22)(H,25,26)/t14-/m1/s1. The number of carbonyl (C=O) groups is 2. The molecule has 1 fully saturated rings. The Morgan fingerprint density at radius 1 is 1.50 bits per heavy atom. The summed E-state index contributed by atoms with van der Waals surface area (Å²) in [6.07, 6.45) is 3.36. The van der Waals surface area contributed by atoms with Gasteiger partial charge in [-0.15, -0.1) is 11.3 Å². The molecule has 0 aromatic carbocycles. The van der Waals surface area contributed by atoms with Crippen LogP contribution in [0.3, 0.4) is 0 Å². The highest BCUT2D eigenvalue weighted by atomic mass is 32.1. The zero-order valence-electron chi connectivity index (χ0n) is 15.7. The summed E-state index contributed by atoms with van der Waals surface area (Å²) in [5.74, 6) is 6.65. The van der Waals surface area contributed by atoms with Gasteiger partial charge in [0.25, 0.3) is 0 Å². The molecule has 0 radical (unpaired) electrons. The summed E-state index contributed by atoms with van der Waals surface area (Å²) in [5, 5.41) is 13.6. The summed E-state index contributed by atoms with van der Waals surface area (Å²) >= 11 is 1.57. The van der Waals surface area contributed by atoms with Crippen LogP contribution in [0.5, 0.6) is 0 Å². The first-order valence-electron chi connectivity index (χ1n) is 9.34. The van der Waals surface area contributed by atoms with Crippen molar-refractivity contribution in [3.05, 3.63) is 23.2 Å². The summed E-state index contributed by atoms with van der Waals surface area (Å²) in [5.41, 5.74) is 0. The second-order valence-corrected chi connectivity index (χ2v) is 7.58. The molecule has 0 aliphatic carbocycles. The lowest BCUT2D eigenvalue weighted by Gasteiger charge is -2.31. The predicted molar refractivity (Wildman–Crippen MR) is 109 cm³/mol. The third-order valence-corrected chi connectivity index (χ3v) is 5.46. The molecule has 0 saturated carbocycles. The van der Waals surface area contributed by atoms with Gasteiger partial charge >= 0.3 is 12.1 Å². The summed E-state index contributed by atoms with van der Waals surface area (Å²) in [6, 6.07) is 3.98. The Balaban J connectivity index is 1.68. The van der Waals surface area contributed by atoms with E-state index in [1.165, 1.54) is 4.90 Å². The lowest BCUT2D eigenvalue weighted by atomic mass is 10.1. The largest absolute Gasteiger partial charge is 0.466 e. The molecule has 7 nitrogen and oxygen atoms in total. The van der Waals surface area contributed by atoms with Crippen LogP contribution in [0.1, 0.15) is 37.5 Å². The fourth-order valence-electron chi connectivity index (χ4n) is 3.15. The molecule has 1 aliphatic rings. The predicted octanol–water partition coefficient (Wildman–Crippen LogP) is 3.55. The third kappa shape index (κ3) is 5.14. The maximum Gasteiger partial charge on any atom is 0.407 e. The third-order valence-electron chi connectivity index (χ3n) is 4.45. The fourth-order valence-corrected chi connectivity index (χ4v) is 4.08. The number of hydrogen-bond donors (Lipinski definition) is 2. The number of carboxylic acid groups (broad SMARTS) is 1. The molecule has 1 saturated heterocycles. The van der Waals surface area contributed by atoms with Crippen LogP contribution < -0.4 is 5.32 Å². The van der Waals surface area contributed by atoms with Crippen molar-refractivity contribution in [1.29, 1.82) is 0 Å². The van der Waals surface area contributed by atoms with Gasteiger partial charge in [-0.05, 0) is 31.9 Å². The van der Waals surface area contributed by atoms with E-state index in [2.05, 4.69) is 22.1 Å². The molecule has 0 bridgehead atoms. The molecule has 2 aromatic heterocycles. The van der Waals surface area contributed by atoms with Crippen molar-refractivity contribution in [2.24, 2.45) is 0 Å². The van der Waals surface area contributed by atoms with Crippen molar-refractivity contribution >= 4 is 39.3 Å². The molecular weight excluding hydrogens is 378 g/mol. The molecule has 2 aromatic rings. The van der Waals surface area contributed by atoms with E-state index >= 15 is 0 Å². The number of amides is 1. The topological polar surface area (TPSA) is 91.8 Å². The molecule has 0 spiro atoms. The minimum atomic E-state index is -0.881. The first-order valence-corrected chi connectivity index (χ1v) is 10.2. The number of likely N-dealkylation sites (tertiary alicyclic amines) is 1. The normalized spacial score (nSPS) is 16.3. The fraction of sp³-hybridized carbons (Fsp3) is 0.450. The van der Waals surface area contributed by atoms with Gasteiger partial charge in [0.1, 0.15) is 5.82 Å². The summed E-state index contributed by atoms with van der Waals surface area (Å²) in [6.45, 7) is 3.21. The number of nitrogens with zero attached hydrogens (tertiary/aromatic N) is 2. The van der Waals surface area contributed by atoms with Crippen LogP contribution in [0.15, 0.2) is 18.3 Å². The van der Waals surface area contributed by atoms with Gasteiger partial charge in [0.15, 0.2) is 0 Å². The highest BCUT2D eigenvalue weighted by Crippen LogP contribution is 2.30. The highest BCUT2D eigenvalue weighted by molar-refractivity contribution is 7.19. The number of rotatable bonds is 5. The van der Waals surface area contributed by atoms with E-state index < -0.39 is 6.09 Å². The average Bonchev–Trinajstić information content (AvgIpc) is 3.10. The summed E-state index contributed by atoms with van der Waals surface area (Å²) in [4.78, 5) is 29.4. The number of thiophene rings is 1. The maximum atomic E-state index is 11.4. The van der Waals surface area contributed by atoms with E-state index in [4.69, 9.17) is 4.74 Å². The minimum Gasteiger partial charge on any atom is -0.466 e. The van der Waals surface area contributed by atoms with Crippen molar-refractivity contribution in [3.8, 4) is 11.8 Å². The molecule has 148 valence electrons. The van der Waals surface area contributed by atoms with Gasteiger partial charge in [-0.2, -0.15) is 0 Å². The highest BCUT2D eigenvalue weighted by Gasteiger charge is 2.23. The van der Waals surface area contributed by atoms with Crippen molar-refractivity contribution in [3.63, 3.8) is 0 Å². The number of fused-ring (bicyclic) bond motifs is 1. The average molecular weight is 401 g/mol. The van der Waals surface area contributed by atoms with E-state index in [1.807, 2.05) is 12.1 Å². The Kier molecular flexibility index (Phi) is 6.71. The summed E-state index contributed by atoms with van der Waals surface area (Å²) in [7, 11) is 0. The Morgan fingerprint density at radius 3 is 3.14 bits per heavy atom. The lowest BCUT2D eigenvalue weighted by Crippen LogP contribution is -2.44. The van der Waals surface area contributed by atoms with Crippen LogP contribution >= 0.6 is 11.3 Å². The van der Waals surface area contributed by atoms with Gasteiger partial charge in [-0.3, -0.25) is 4.79 Å². The SMILES string of the molecule is CCOC(=O)CCC#Cc1cc2c(N[C@@H]3CCCN(C(=O)O)C3)nccc2s1. The molecule has 1 aliphatic heterocycles. The zero-order valence-corrected chi connectivity index (χ0v) is 16.6. The number of aromatic nitrogens is 1. The number of pyridine rings is 1. The molecule has 0 unspecified atom stereocenters. The minimum absolute atomic E-state index is 0.0435. The van der Waals surface area contributed by atoms with Crippen LogP contribution in [0, 0.1) is 11.8 Å². The molecular formula is C20H23N3O4S. The zero-order chi connectivity index (χ0) is 19.9. The van der Waals surface area contributed by atoms with Crippen LogP contribution in [0.4, 0.5) is 10.6 Å². The molecule has 1 amide bonds. The second-order valence-electron chi connectivity index (χ2n) is 6.50. The van der Waals surface area contributed by atoms with Gasteiger partial charge in [0.2, 0.25) is 0 Å². The molecule has 3 rings (SSSR count). The lowest BCUT2D eigenvalue weighted by molar-refractivity contribution is -0.142. The smallest absolute Gasteiger partial charge is 0.407 e. The van der Waals surface area contributed by atoms with Crippen molar-refractivity contribution in [2.45, 2.75) is 38.6 Å². The number of carbonyl (C=O) groups excluding carboxylic acids is 1. The molecule has 28 heavy (non-hydrogen) atoms. The van der Waals surface area contributed by atoms with Crippen LogP contribution in [0.2, 0.25) is 0 Å².